The van der Waals surface area contributed by atoms with Crippen LogP contribution in [0.4, 0.5) is 4.39 Å². The molecule has 5 atom stereocenters. The topological polar surface area (TPSA) is 41.6 Å². The molecule has 1 amide bonds. The minimum absolute atomic E-state index is 0.00211. The molecule has 4 aliphatic rings. The van der Waals surface area contributed by atoms with Gasteiger partial charge in [-0.05, 0) is 80.5 Å². The molecule has 204 valence electrons. The summed E-state index contributed by atoms with van der Waals surface area (Å²) in [5, 5.41) is 3.51. The number of piperidine rings is 1. The van der Waals surface area contributed by atoms with E-state index in [0.29, 0.717) is 38.0 Å². The highest BCUT2D eigenvalue weighted by molar-refractivity contribution is 5.82. The minimum atomic E-state index is -0.664. The van der Waals surface area contributed by atoms with E-state index in [1.165, 1.54) is 37.7 Å². The molecule has 3 fully saturated rings. The van der Waals surface area contributed by atoms with Crippen LogP contribution >= 0.6 is 0 Å². The first-order chi connectivity index (χ1) is 18.5. The van der Waals surface area contributed by atoms with Crippen LogP contribution in [-0.2, 0) is 21.4 Å². The van der Waals surface area contributed by atoms with E-state index in [4.69, 9.17) is 4.74 Å². The first-order valence-electron chi connectivity index (χ1n) is 14.9. The fourth-order valence-corrected chi connectivity index (χ4v) is 8.23. The number of aryl methyl sites for hydroxylation is 1. The number of nitrogens with one attached hydrogen (secondary N) is 1. The van der Waals surface area contributed by atoms with Crippen molar-refractivity contribution >= 4 is 5.91 Å². The molecule has 38 heavy (non-hydrogen) atoms. The third kappa shape index (κ3) is 4.70. The Morgan fingerprint density at radius 1 is 1.11 bits per heavy atom. The fraction of sp³-hybridized carbons (Fsp3) is 0.606. The zero-order valence-corrected chi connectivity index (χ0v) is 23.1. The van der Waals surface area contributed by atoms with Crippen molar-refractivity contribution in [2.24, 2.45) is 11.8 Å². The molecule has 3 heterocycles. The number of nitrogens with zero attached hydrogens (tertiary/aromatic N) is 1. The van der Waals surface area contributed by atoms with Crippen molar-refractivity contribution in [3.8, 4) is 0 Å². The third-order valence-corrected chi connectivity index (χ3v) is 10.1. The molecule has 2 aromatic carbocycles. The van der Waals surface area contributed by atoms with E-state index in [9.17, 15) is 4.79 Å². The van der Waals surface area contributed by atoms with E-state index >= 15 is 4.39 Å². The zero-order chi connectivity index (χ0) is 26.3. The van der Waals surface area contributed by atoms with Crippen LogP contribution in [0.25, 0.3) is 0 Å². The molecule has 1 spiro atoms. The number of fused-ring (bicyclic) bond motifs is 2. The number of halogens is 1. The van der Waals surface area contributed by atoms with E-state index in [0.717, 1.165) is 36.1 Å². The second kappa shape index (κ2) is 10.7. The van der Waals surface area contributed by atoms with Crippen molar-refractivity contribution in [2.45, 2.75) is 88.7 Å². The van der Waals surface area contributed by atoms with Gasteiger partial charge in [-0.15, -0.1) is 0 Å². The summed E-state index contributed by atoms with van der Waals surface area (Å²) in [6.07, 6.45) is 8.96. The molecule has 5 heteroatoms. The molecule has 3 aliphatic heterocycles. The van der Waals surface area contributed by atoms with Gasteiger partial charge in [-0.25, -0.2) is 4.39 Å². The predicted molar refractivity (Wildman–Crippen MR) is 149 cm³/mol. The molecule has 0 bridgehead atoms. The number of rotatable bonds is 3. The van der Waals surface area contributed by atoms with E-state index in [1.54, 1.807) is 6.07 Å². The van der Waals surface area contributed by atoms with Gasteiger partial charge in [0.25, 0.3) is 0 Å². The molecule has 6 rings (SSSR count). The van der Waals surface area contributed by atoms with Crippen molar-refractivity contribution in [3.63, 3.8) is 0 Å². The van der Waals surface area contributed by atoms with Crippen molar-refractivity contribution in [3.05, 3.63) is 70.5 Å². The quantitative estimate of drug-likeness (QED) is 0.550. The van der Waals surface area contributed by atoms with Gasteiger partial charge < -0.3 is 15.0 Å². The SMILES string of the molecule is Cc1cc(F)c2c(c1)C[C@@H](C)OC[C@]21CNC[C@H]1C(=O)N1CC[C@@H](c2ccccc2)C[C@H]1C1CCCCC1. The minimum Gasteiger partial charge on any atom is -0.377 e. The van der Waals surface area contributed by atoms with E-state index < -0.39 is 5.41 Å². The Morgan fingerprint density at radius 2 is 1.89 bits per heavy atom. The van der Waals surface area contributed by atoms with Crippen molar-refractivity contribution in [2.75, 3.05) is 26.2 Å². The van der Waals surface area contributed by atoms with Gasteiger partial charge in [-0.1, -0.05) is 55.7 Å². The largest absolute Gasteiger partial charge is 0.377 e. The fourth-order valence-electron chi connectivity index (χ4n) is 8.23. The van der Waals surface area contributed by atoms with Crippen molar-refractivity contribution in [1.82, 2.24) is 10.2 Å². The summed E-state index contributed by atoms with van der Waals surface area (Å²) in [5.41, 5.74) is 3.41. The van der Waals surface area contributed by atoms with Crippen LogP contribution in [0.5, 0.6) is 0 Å². The summed E-state index contributed by atoms with van der Waals surface area (Å²) in [6.45, 7) is 6.35. The molecule has 4 nitrogen and oxygen atoms in total. The molecule has 0 unspecified atom stereocenters. The maximum atomic E-state index is 15.8. The highest BCUT2D eigenvalue weighted by Crippen LogP contribution is 2.46. The lowest BCUT2D eigenvalue weighted by Gasteiger charge is -2.47. The van der Waals surface area contributed by atoms with Gasteiger partial charge in [-0.3, -0.25) is 4.79 Å². The van der Waals surface area contributed by atoms with E-state index in [2.05, 4.69) is 53.5 Å². The molecule has 2 aromatic rings. The second-order valence-electron chi connectivity index (χ2n) is 12.6. The van der Waals surface area contributed by atoms with Gasteiger partial charge in [0.2, 0.25) is 5.91 Å². The standard InChI is InChI=1S/C33H43FN2O2/c1-22-15-27-17-23(2)38-21-33(31(27)29(34)16-22)20-35-19-28(33)32(37)36-14-13-26(24-9-5-3-6-10-24)18-30(36)25-11-7-4-8-12-25/h3,5-6,9-10,15-16,23,25-26,28,30,35H,4,7-8,11-14,17-21H2,1-2H3/t23-,26-,28+,30+,33+/m1/s1. The molecular weight excluding hydrogens is 475 g/mol. The van der Waals surface area contributed by atoms with Crippen LogP contribution in [-0.4, -0.2) is 49.2 Å². The smallest absolute Gasteiger partial charge is 0.228 e. The predicted octanol–water partition coefficient (Wildman–Crippen LogP) is 5.91. The Hall–Kier alpha value is -2.24. The van der Waals surface area contributed by atoms with Crippen LogP contribution in [0.1, 0.15) is 80.0 Å². The Labute approximate surface area is 227 Å². The molecule has 0 aromatic heterocycles. The highest BCUT2D eigenvalue weighted by atomic mass is 19.1. The second-order valence-corrected chi connectivity index (χ2v) is 12.6. The number of ether oxygens (including phenoxy) is 1. The number of carbonyl (C=O) groups excluding carboxylic acids is 1. The van der Waals surface area contributed by atoms with Crippen molar-refractivity contribution in [1.29, 1.82) is 0 Å². The summed E-state index contributed by atoms with van der Waals surface area (Å²) in [5.74, 6) is 0.766. The first kappa shape index (κ1) is 26.0. The lowest BCUT2D eigenvalue weighted by Crippen LogP contribution is -2.55. The van der Waals surface area contributed by atoms with Crippen LogP contribution in [0.15, 0.2) is 42.5 Å². The third-order valence-electron chi connectivity index (χ3n) is 10.1. The van der Waals surface area contributed by atoms with Crippen LogP contribution < -0.4 is 5.32 Å². The lowest BCUT2D eigenvalue weighted by atomic mass is 9.69. The zero-order valence-electron chi connectivity index (χ0n) is 23.1. The molecular formula is C33H43FN2O2. The number of hydrogen-bond donors (Lipinski definition) is 1. The molecule has 1 aliphatic carbocycles. The Balaban J connectivity index is 1.34. The van der Waals surface area contributed by atoms with Crippen LogP contribution in [0.2, 0.25) is 0 Å². The summed E-state index contributed by atoms with van der Waals surface area (Å²) in [4.78, 5) is 16.9. The highest BCUT2D eigenvalue weighted by Gasteiger charge is 2.54. The van der Waals surface area contributed by atoms with E-state index in [1.807, 2.05) is 6.92 Å². The van der Waals surface area contributed by atoms with Gasteiger partial charge in [0.1, 0.15) is 5.82 Å². The summed E-state index contributed by atoms with van der Waals surface area (Å²) < 4.78 is 22.1. The number of likely N-dealkylation sites (tertiary alicyclic amines) is 1. The maximum absolute atomic E-state index is 15.8. The van der Waals surface area contributed by atoms with Gasteiger partial charge in [0.05, 0.1) is 18.6 Å². The summed E-state index contributed by atoms with van der Waals surface area (Å²) in [7, 11) is 0. The number of benzene rings is 2. The summed E-state index contributed by atoms with van der Waals surface area (Å²) >= 11 is 0. The Morgan fingerprint density at radius 3 is 2.68 bits per heavy atom. The number of hydrogen-bond acceptors (Lipinski definition) is 3. The van der Waals surface area contributed by atoms with Gasteiger partial charge >= 0.3 is 0 Å². The number of carbonyl (C=O) groups is 1. The van der Waals surface area contributed by atoms with Crippen LogP contribution in [0.3, 0.4) is 0 Å². The Bertz CT molecular complexity index is 1150. The Kier molecular flexibility index (Phi) is 7.34. The maximum Gasteiger partial charge on any atom is 0.228 e. The number of amides is 1. The summed E-state index contributed by atoms with van der Waals surface area (Å²) in [6, 6.07) is 14.9. The first-order valence-corrected chi connectivity index (χ1v) is 14.9. The van der Waals surface area contributed by atoms with Crippen LogP contribution in [0, 0.1) is 24.6 Å². The monoisotopic (exact) mass is 518 g/mol. The molecule has 2 saturated heterocycles. The molecule has 1 saturated carbocycles. The van der Waals surface area contributed by atoms with Gasteiger partial charge in [0.15, 0.2) is 0 Å². The lowest BCUT2D eigenvalue weighted by molar-refractivity contribution is -0.144. The van der Waals surface area contributed by atoms with Crippen molar-refractivity contribution < 1.29 is 13.9 Å². The molecule has 1 N–H and O–H groups in total. The molecule has 0 radical (unpaired) electrons. The average Bonchev–Trinajstić information content (AvgIpc) is 3.30. The van der Waals surface area contributed by atoms with Gasteiger partial charge in [-0.2, -0.15) is 0 Å². The van der Waals surface area contributed by atoms with E-state index in [-0.39, 0.29) is 29.8 Å². The normalized spacial score (nSPS) is 32.2. The van der Waals surface area contributed by atoms with Gasteiger partial charge in [0, 0.05) is 36.7 Å². The average molecular weight is 519 g/mol.